The topological polar surface area (TPSA) is 258 Å². The van der Waals surface area contributed by atoms with E-state index >= 15 is 0 Å². The highest BCUT2D eigenvalue weighted by molar-refractivity contribution is 7.98. The molecule has 0 spiro atoms. The van der Waals surface area contributed by atoms with Gasteiger partial charge in [-0.1, -0.05) is 0 Å². The highest BCUT2D eigenvalue weighted by Gasteiger charge is 2.30. The Morgan fingerprint density at radius 3 is 1.94 bits per heavy atom. The smallest absolute Gasteiger partial charge is 0.327 e. The number of aliphatic carboxylic acids is 1. The van der Waals surface area contributed by atoms with Crippen LogP contribution in [0.15, 0.2) is 4.99 Å². The van der Waals surface area contributed by atoms with Crippen molar-refractivity contribution in [3.05, 3.63) is 0 Å². The molecule has 16 heteroatoms. The second-order valence-corrected chi connectivity index (χ2v) is 8.56. The van der Waals surface area contributed by atoms with Crippen LogP contribution in [0.25, 0.3) is 0 Å². The van der Waals surface area contributed by atoms with E-state index in [4.69, 9.17) is 28.0 Å². The summed E-state index contributed by atoms with van der Waals surface area (Å²) in [5, 5.41) is 16.5. The third-order valence-corrected chi connectivity index (χ3v) is 5.39. The fourth-order valence-electron chi connectivity index (χ4n) is 2.60. The van der Waals surface area contributed by atoms with Gasteiger partial charge in [0.1, 0.15) is 18.1 Å². The Bertz CT molecular complexity index is 750. The van der Waals surface area contributed by atoms with Gasteiger partial charge < -0.3 is 44.0 Å². The molecule has 4 amide bonds. The second-order valence-electron chi connectivity index (χ2n) is 7.21. The van der Waals surface area contributed by atoms with Gasteiger partial charge in [-0.2, -0.15) is 24.4 Å². The molecule has 12 N–H and O–H groups in total. The van der Waals surface area contributed by atoms with Gasteiger partial charge in [-0.3, -0.25) is 24.2 Å². The fourth-order valence-corrected chi connectivity index (χ4v) is 3.31. The van der Waals surface area contributed by atoms with E-state index in [1.165, 1.54) is 11.8 Å². The Labute approximate surface area is 207 Å². The summed E-state index contributed by atoms with van der Waals surface area (Å²) in [6.07, 6.45) is 1.96. The van der Waals surface area contributed by atoms with Gasteiger partial charge in [0, 0.05) is 12.3 Å². The SMILES string of the molecule is CSCCC(NC(=O)C(CCCN=C(N)N)NC(=O)C(N)CC(N)=O)C(=O)NC(CS)C(=O)O. The molecule has 0 aromatic heterocycles. The van der Waals surface area contributed by atoms with E-state index in [-0.39, 0.29) is 31.1 Å². The standard InChI is InChI=1S/C18H34N8O6S2/c1-34-6-4-11(16(30)26-12(8-33)17(31)32)25-15(29)10(3-2-5-23-18(21)22)24-14(28)9(19)7-13(20)27/h9-12,33H,2-8,19H2,1H3,(H2,20,27)(H,24,28)(H,25,29)(H,26,30)(H,31,32)(H4,21,22,23). The molecule has 0 fully saturated rings. The number of nitrogens with zero attached hydrogens (tertiary/aromatic N) is 1. The van der Waals surface area contributed by atoms with Crippen LogP contribution in [-0.2, 0) is 24.0 Å². The van der Waals surface area contributed by atoms with Gasteiger partial charge >= 0.3 is 5.97 Å². The van der Waals surface area contributed by atoms with Crippen LogP contribution >= 0.6 is 24.4 Å². The summed E-state index contributed by atoms with van der Waals surface area (Å²) in [6, 6.07) is -4.72. The second kappa shape index (κ2) is 16.8. The number of nitrogens with one attached hydrogen (secondary N) is 3. The summed E-state index contributed by atoms with van der Waals surface area (Å²) in [4.78, 5) is 64.0. The van der Waals surface area contributed by atoms with E-state index < -0.39 is 60.2 Å². The quantitative estimate of drug-likeness (QED) is 0.0393. The zero-order valence-corrected chi connectivity index (χ0v) is 20.6. The highest BCUT2D eigenvalue weighted by Crippen LogP contribution is 2.06. The minimum Gasteiger partial charge on any atom is -0.480 e. The number of guanidine groups is 1. The molecule has 0 radical (unpaired) electrons. The lowest BCUT2D eigenvalue weighted by molar-refractivity contribution is -0.141. The molecule has 14 nitrogen and oxygen atoms in total. The van der Waals surface area contributed by atoms with Crippen LogP contribution in [0.4, 0.5) is 0 Å². The molecule has 4 unspecified atom stereocenters. The molecule has 0 saturated heterocycles. The van der Waals surface area contributed by atoms with Gasteiger partial charge in [0.25, 0.3) is 0 Å². The molecule has 0 saturated carbocycles. The zero-order valence-electron chi connectivity index (χ0n) is 18.9. The van der Waals surface area contributed by atoms with Crippen LogP contribution in [0.1, 0.15) is 25.7 Å². The van der Waals surface area contributed by atoms with Gasteiger partial charge in [-0.15, -0.1) is 0 Å². The predicted molar refractivity (Wildman–Crippen MR) is 132 cm³/mol. The maximum absolute atomic E-state index is 13.0. The molecule has 34 heavy (non-hydrogen) atoms. The Hall–Kier alpha value is -2.72. The van der Waals surface area contributed by atoms with Crippen molar-refractivity contribution in [3.8, 4) is 0 Å². The molecule has 0 aliphatic heterocycles. The monoisotopic (exact) mass is 522 g/mol. The Kier molecular flexibility index (Phi) is 15.5. The summed E-state index contributed by atoms with van der Waals surface area (Å²) in [6.45, 7) is 0.175. The maximum atomic E-state index is 13.0. The number of carboxylic acid groups (broad SMARTS) is 1. The van der Waals surface area contributed by atoms with Crippen molar-refractivity contribution in [2.75, 3.05) is 24.3 Å². The Balaban J connectivity index is 5.49. The van der Waals surface area contributed by atoms with Crippen molar-refractivity contribution >= 4 is 59.9 Å². The molecule has 194 valence electrons. The molecule has 0 aromatic rings. The average Bonchev–Trinajstić information content (AvgIpc) is 2.75. The number of carbonyl (C=O) groups excluding carboxylic acids is 4. The molecular weight excluding hydrogens is 488 g/mol. The van der Waals surface area contributed by atoms with Crippen molar-refractivity contribution in [2.45, 2.75) is 49.9 Å². The van der Waals surface area contributed by atoms with Crippen molar-refractivity contribution in [2.24, 2.45) is 27.9 Å². The van der Waals surface area contributed by atoms with E-state index in [2.05, 4.69) is 33.6 Å². The number of primary amides is 1. The van der Waals surface area contributed by atoms with Crippen LogP contribution in [-0.4, -0.2) is 89.1 Å². The number of thioether (sulfide) groups is 1. The van der Waals surface area contributed by atoms with E-state index in [1.54, 1.807) is 6.26 Å². The molecule has 0 aliphatic carbocycles. The number of carboxylic acids is 1. The molecule has 0 bridgehead atoms. The minimum atomic E-state index is -1.27. The summed E-state index contributed by atoms with van der Waals surface area (Å²) < 4.78 is 0. The first kappa shape index (κ1) is 31.3. The fraction of sp³-hybridized carbons (Fsp3) is 0.667. The number of thiol groups is 1. The summed E-state index contributed by atoms with van der Waals surface area (Å²) in [5.41, 5.74) is 21.3. The van der Waals surface area contributed by atoms with E-state index in [9.17, 15) is 24.0 Å². The lowest BCUT2D eigenvalue weighted by Crippen LogP contribution is -2.57. The molecule has 0 rings (SSSR count). The van der Waals surface area contributed by atoms with Gasteiger partial charge in [0.05, 0.1) is 12.5 Å². The van der Waals surface area contributed by atoms with E-state index in [1.807, 2.05) is 0 Å². The van der Waals surface area contributed by atoms with Gasteiger partial charge in [-0.05, 0) is 31.3 Å². The number of nitrogens with two attached hydrogens (primary N) is 4. The van der Waals surface area contributed by atoms with Gasteiger partial charge in [0.2, 0.25) is 23.6 Å². The van der Waals surface area contributed by atoms with Crippen LogP contribution < -0.4 is 38.9 Å². The maximum Gasteiger partial charge on any atom is 0.327 e. The third kappa shape index (κ3) is 13.1. The summed E-state index contributed by atoms with van der Waals surface area (Å²) in [5.74, 6) is -4.06. The number of hydrogen-bond donors (Lipinski definition) is 9. The van der Waals surface area contributed by atoms with Crippen LogP contribution in [0.3, 0.4) is 0 Å². The number of amides is 4. The van der Waals surface area contributed by atoms with Crippen molar-refractivity contribution < 1.29 is 29.1 Å². The first-order valence-corrected chi connectivity index (χ1v) is 12.3. The Morgan fingerprint density at radius 1 is 0.941 bits per heavy atom. The number of aliphatic imine (C=N–C) groups is 1. The summed E-state index contributed by atoms with van der Waals surface area (Å²) >= 11 is 5.33. The lowest BCUT2D eigenvalue weighted by Gasteiger charge is -2.25. The zero-order chi connectivity index (χ0) is 26.3. The van der Waals surface area contributed by atoms with Crippen LogP contribution in [0, 0.1) is 0 Å². The van der Waals surface area contributed by atoms with Gasteiger partial charge in [-0.25, -0.2) is 4.79 Å². The summed E-state index contributed by atoms with van der Waals surface area (Å²) in [7, 11) is 0. The molecular formula is C18H34N8O6S2. The van der Waals surface area contributed by atoms with Crippen molar-refractivity contribution in [1.29, 1.82) is 0 Å². The molecule has 0 aliphatic rings. The number of rotatable bonds is 17. The minimum absolute atomic E-state index is 0.0862. The number of hydrogen-bond acceptors (Lipinski definition) is 9. The largest absolute Gasteiger partial charge is 0.480 e. The van der Waals surface area contributed by atoms with E-state index in [0.29, 0.717) is 12.2 Å². The van der Waals surface area contributed by atoms with Crippen LogP contribution in [0.5, 0.6) is 0 Å². The van der Waals surface area contributed by atoms with Crippen molar-refractivity contribution in [3.63, 3.8) is 0 Å². The average molecular weight is 523 g/mol. The van der Waals surface area contributed by atoms with E-state index in [0.717, 1.165) is 0 Å². The molecule has 4 atom stereocenters. The first-order valence-electron chi connectivity index (χ1n) is 10.3. The van der Waals surface area contributed by atoms with Crippen LogP contribution in [0.2, 0.25) is 0 Å². The van der Waals surface area contributed by atoms with Crippen molar-refractivity contribution in [1.82, 2.24) is 16.0 Å². The third-order valence-electron chi connectivity index (χ3n) is 4.38. The normalized spacial score (nSPS) is 14.1. The first-order chi connectivity index (χ1) is 15.9. The molecule has 0 aromatic carbocycles. The van der Waals surface area contributed by atoms with Gasteiger partial charge in [0.15, 0.2) is 5.96 Å². The number of carbonyl (C=O) groups is 5. The highest BCUT2D eigenvalue weighted by atomic mass is 32.2. The molecule has 0 heterocycles. The lowest BCUT2D eigenvalue weighted by atomic mass is 10.1. The Morgan fingerprint density at radius 2 is 1.47 bits per heavy atom. The predicted octanol–water partition coefficient (Wildman–Crippen LogP) is -3.54.